The number of hydrogen-bond donors (Lipinski definition) is 1. The Hall–Kier alpha value is -1.88. The molecule has 2 aliphatic rings. The maximum atomic E-state index is 11.4. The largest absolute Gasteiger partial charge is 0.458 e. The van der Waals surface area contributed by atoms with Gasteiger partial charge in [-0.25, -0.2) is 4.79 Å². The molecule has 0 aromatic heterocycles. The monoisotopic (exact) mass is 390 g/mol. The van der Waals surface area contributed by atoms with Crippen LogP contribution in [0.5, 0.6) is 0 Å². The number of rotatable bonds is 8. The standard InChI is InChI=1S/C23H34O5/c1-15(11-12-19-16(2)9-7-13-23(19,4)5)8-6-10-20(27-17(3)24)18-14-21(25)28-22(18)26/h8,14,20,22,26H,6-7,9-13H2,1-5H3/b15-8+. The molecule has 0 saturated heterocycles. The number of aliphatic hydroxyl groups is 1. The molecule has 1 aliphatic heterocycles. The van der Waals surface area contributed by atoms with Crippen molar-refractivity contribution >= 4 is 11.9 Å². The van der Waals surface area contributed by atoms with Crippen LogP contribution in [0.25, 0.3) is 0 Å². The van der Waals surface area contributed by atoms with Crippen LogP contribution < -0.4 is 0 Å². The molecule has 28 heavy (non-hydrogen) atoms. The van der Waals surface area contributed by atoms with E-state index in [4.69, 9.17) is 9.47 Å². The van der Waals surface area contributed by atoms with Gasteiger partial charge in [0.25, 0.3) is 0 Å². The Morgan fingerprint density at radius 3 is 2.71 bits per heavy atom. The highest BCUT2D eigenvalue weighted by Crippen LogP contribution is 2.42. The molecular weight excluding hydrogens is 356 g/mol. The summed E-state index contributed by atoms with van der Waals surface area (Å²) in [5.41, 5.74) is 5.05. The Kier molecular flexibility index (Phi) is 7.64. The molecule has 1 aliphatic carbocycles. The molecule has 0 amide bonds. The number of cyclic esters (lactones) is 1. The minimum absolute atomic E-state index is 0.292. The second-order valence-electron chi connectivity index (χ2n) is 8.66. The lowest BCUT2D eigenvalue weighted by Crippen LogP contribution is -2.25. The van der Waals surface area contributed by atoms with Gasteiger partial charge in [-0.1, -0.05) is 36.6 Å². The molecule has 2 atom stereocenters. The summed E-state index contributed by atoms with van der Waals surface area (Å²) in [6.07, 6.45) is 8.45. The molecule has 5 nitrogen and oxygen atoms in total. The zero-order valence-corrected chi connectivity index (χ0v) is 17.8. The lowest BCUT2D eigenvalue weighted by Gasteiger charge is -2.35. The molecule has 0 radical (unpaired) electrons. The SMILES string of the molecule is CC(=O)OC(CC/C=C(\C)CCC1=C(C)CCCC1(C)C)C1=CC(=O)OC1O. The van der Waals surface area contributed by atoms with Gasteiger partial charge in [0.05, 0.1) is 0 Å². The van der Waals surface area contributed by atoms with E-state index in [2.05, 4.69) is 33.8 Å². The average Bonchev–Trinajstić information content (AvgIpc) is 2.91. The van der Waals surface area contributed by atoms with E-state index in [1.807, 2.05) is 0 Å². The molecule has 1 heterocycles. The highest BCUT2D eigenvalue weighted by molar-refractivity contribution is 5.86. The van der Waals surface area contributed by atoms with Crippen LogP contribution in [-0.4, -0.2) is 29.4 Å². The van der Waals surface area contributed by atoms with Crippen molar-refractivity contribution in [3.63, 3.8) is 0 Å². The van der Waals surface area contributed by atoms with E-state index in [0.29, 0.717) is 23.8 Å². The van der Waals surface area contributed by atoms with Crippen molar-refractivity contribution in [3.8, 4) is 0 Å². The van der Waals surface area contributed by atoms with Crippen LogP contribution in [0.15, 0.2) is 34.4 Å². The van der Waals surface area contributed by atoms with Crippen LogP contribution in [0, 0.1) is 5.41 Å². The van der Waals surface area contributed by atoms with Gasteiger partial charge in [0, 0.05) is 18.6 Å². The molecule has 0 bridgehead atoms. The van der Waals surface area contributed by atoms with Gasteiger partial charge in [0.2, 0.25) is 6.29 Å². The molecule has 0 aromatic carbocycles. The molecule has 0 saturated carbocycles. The zero-order chi connectivity index (χ0) is 20.9. The number of ether oxygens (including phenoxy) is 2. The van der Waals surface area contributed by atoms with Gasteiger partial charge in [-0.05, 0) is 64.2 Å². The summed E-state index contributed by atoms with van der Waals surface area (Å²) in [6.45, 7) is 10.4. The Labute approximate surface area is 168 Å². The number of carbonyl (C=O) groups excluding carboxylic acids is 2. The fraction of sp³-hybridized carbons (Fsp3) is 0.652. The van der Waals surface area contributed by atoms with Crippen LogP contribution >= 0.6 is 0 Å². The van der Waals surface area contributed by atoms with Crippen LogP contribution in [0.2, 0.25) is 0 Å². The highest BCUT2D eigenvalue weighted by atomic mass is 16.6. The summed E-state index contributed by atoms with van der Waals surface area (Å²) in [7, 11) is 0. The third-order valence-corrected chi connectivity index (χ3v) is 5.85. The quantitative estimate of drug-likeness (QED) is 0.478. The maximum absolute atomic E-state index is 11.4. The van der Waals surface area contributed by atoms with Crippen LogP contribution in [-0.2, 0) is 19.1 Å². The number of carbonyl (C=O) groups is 2. The molecule has 5 heteroatoms. The normalized spacial score (nSPS) is 23.4. The van der Waals surface area contributed by atoms with Gasteiger partial charge in [0.15, 0.2) is 0 Å². The van der Waals surface area contributed by atoms with Crippen LogP contribution in [0.3, 0.4) is 0 Å². The second kappa shape index (κ2) is 9.55. The molecular formula is C23H34O5. The third kappa shape index (κ3) is 6.06. The van der Waals surface area contributed by atoms with Gasteiger partial charge < -0.3 is 14.6 Å². The summed E-state index contributed by atoms with van der Waals surface area (Å²) in [4.78, 5) is 22.7. The molecule has 2 rings (SSSR count). The van der Waals surface area contributed by atoms with Crippen molar-refractivity contribution in [3.05, 3.63) is 34.4 Å². The zero-order valence-electron chi connectivity index (χ0n) is 17.8. The first kappa shape index (κ1) is 22.4. The first-order valence-electron chi connectivity index (χ1n) is 10.2. The summed E-state index contributed by atoms with van der Waals surface area (Å²) >= 11 is 0. The van der Waals surface area contributed by atoms with E-state index < -0.39 is 24.3 Å². The number of allylic oxidation sites excluding steroid dienone is 4. The van der Waals surface area contributed by atoms with Gasteiger partial charge in [-0.15, -0.1) is 0 Å². The molecule has 1 N–H and O–H groups in total. The van der Waals surface area contributed by atoms with E-state index in [1.54, 1.807) is 11.1 Å². The fourth-order valence-electron chi connectivity index (χ4n) is 4.30. The Morgan fingerprint density at radius 2 is 2.14 bits per heavy atom. The summed E-state index contributed by atoms with van der Waals surface area (Å²) in [5.74, 6) is -1.05. The van der Waals surface area contributed by atoms with E-state index in [1.165, 1.54) is 37.8 Å². The van der Waals surface area contributed by atoms with E-state index >= 15 is 0 Å². The van der Waals surface area contributed by atoms with Crippen molar-refractivity contribution in [2.75, 3.05) is 0 Å². The molecule has 0 spiro atoms. The number of hydrogen-bond acceptors (Lipinski definition) is 5. The van der Waals surface area contributed by atoms with E-state index in [-0.39, 0.29) is 0 Å². The molecule has 156 valence electrons. The highest BCUT2D eigenvalue weighted by Gasteiger charge is 2.32. The summed E-state index contributed by atoms with van der Waals surface area (Å²) in [6, 6.07) is 0. The van der Waals surface area contributed by atoms with Gasteiger partial charge >= 0.3 is 11.9 Å². The lowest BCUT2D eigenvalue weighted by molar-refractivity contribution is -0.153. The maximum Gasteiger partial charge on any atom is 0.333 e. The molecule has 0 aromatic rings. The predicted molar refractivity (Wildman–Crippen MR) is 108 cm³/mol. The number of esters is 2. The van der Waals surface area contributed by atoms with Crippen molar-refractivity contribution in [1.29, 1.82) is 0 Å². The minimum atomic E-state index is -1.33. The van der Waals surface area contributed by atoms with E-state index in [0.717, 1.165) is 12.8 Å². The van der Waals surface area contributed by atoms with Crippen molar-refractivity contribution in [2.45, 2.75) is 92.0 Å². The van der Waals surface area contributed by atoms with Crippen LogP contribution in [0.1, 0.15) is 79.6 Å². The van der Waals surface area contributed by atoms with Crippen molar-refractivity contribution < 1.29 is 24.2 Å². The predicted octanol–water partition coefficient (Wildman–Crippen LogP) is 4.75. The van der Waals surface area contributed by atoms with Gasteiger partial charge in [-0.2, -0.15) is 0 Å². The molecule has 0 fully saturated rings. The molecule has 2 unspecified atom stereocenters. The Morgan fingerprint density at radius 1 is 1.43 bits per heavy atom. The minimum Gasteiger partial charge on any atom is -0.458 e. The van der Waals surface area contributed by atoms with Gasteiger partial charge in [-0.3, -0.25) is 4.79 Å². The Balaban J connectivity index is 1.93. The topological polar surface area (TPSA) is 72.8 Å². The fourth-order valence-corrected chi connectivity index (χ4v) is 4.30. The Bertz CT molecular complexity index is 696. The third-order valence-electron chi connectivity index (χ3n) is 5.85. The smallest absolute Gasteiger partial charge is 0.333 e. The lowest BCUT2D eigenvalue weighted by atomic mass is 9.71. The van der Waals surface area contributed by atoms with Crippen LogP contribution in [0.4, 0.5) is 0 Å². The van der Waals surface area contributed by atoms with Gasteiger partial charge in [0.1, 0.15) is 6.10 Å². The first-order chi connectivity index (χ1) is 13.1. The number of aliphatic hydroxyl groups excluding tert-OH is 1. The first-order valence-corrected chi connectivity index (χ1v) is 10.2. The van der Waals surface area contributed by atoms with Crippen molar-refractivity contribution in [1.82, 2.24) is 0 Å². The summed E-state index contributed by atoms with van der Waals surface area (Å²) in [5, 5.41) is 9.83. The average molecular weight is 391 g/mol. The van der Waals surface area contributed by atoms with Crippen molar-refractivity contribution in [2.24, 2.45) is 5.41 Å². The summed E-state index contributed by atoms with van der Waals surface area (Å²) < 4.78 is 10.0. The van der Waals surface area contributed by atoms with E-state index in [9.17, 15) is 14.7 Å². The second-order valence-corrected chi connectivity index (χ2v) is 8.66.